The SMILES string of the molecule is Cc1ccc2cccc(O[C@H](C)CC(=O)O)c2n1. The van der Waals surface area contributed by atoms with Crippen molar-refractivity contribution in [1.82, 2.24) is 4.98 Å². The number of rotatable bonds is 4. The van der Waals surface area contributed by atoms with Gasteiger partial charge in [0, 0.05) is 11.1 Å². The van der Waals surface area contributed by atoms with Crippen LogP contribution >= 0.6 is 0 Å². The molecule has 0 saturated heterocycles. The van der Waals surface area contributed by atoms with Crippen molar-refractivity contribution in [2.24, 2.45) is 0 Å². The maximum absolute atomic E-state index is 10.6. The molecular formula is C14H15NO3. The number of fused-ring (bicyclic) bond motifs is 1. The number of carboxylic acids is 1. The number of para-hydroxylation sites is 1. The first-order valence-electron chi connectivity index (χ1n) is 5.81. The lowest BCUT2D eigenvalue weighted by Crippen LogP contribution is -2.16. The first kappa shape index (κ1) is 12.4. The second-order valence-electron chi connectivity index (χ2n) is 4.31. The lowest BCUT2D eigenvalue weighted by molar-refractivity contribution is -0.138. The number of carboxylic acid groups (broad SMARTS) is 1. The smallest absolute Gasteiger partial charge is 0.307 e. The number of aliphatic carboxylic acids is 1. The second kappa shape index (κ2) is 5.04. The first-order valence-corrected chi connectivity index (χ1v) is 5.81. The van der Waals surface area contributed by atoms with E-state index in [4.69, 9.17) is 9.84 Å². The summed E-state index contributed by atoms with van der Waals surface area (Å²) in [5, 5.41) is 9.71. The number of hydrogen-bond acceptors (Lipinski definition) is 3. The van der Waals surface area contributed by atoms with Crippen LogP contribution in [0.25, 0.3) is 10.9 Å². The van der Waals surface area contributed by atoms with Crippen molar-refractivity contribution >= 4 is 16.9 Å². The van der Waals surface area contributed by atoms with Crippen LogP contribution in [0.4, 0.5) is 0 Å². The van der Waals surface area contributed by atoms with Crippen LogP contribution in [0.1, 0.15) is 19.0 Å². The molecule has 94 valence electrons. The summed E-state index contributed by atoms with van der Waals surface area (Å²) in [5.41, 5.74) is 1.68. The number of ether oxygens (including phenoxy) is 1. The van der Waals surface area contributed by atoms with Gasteiger partial charge in [-0.05, 0) is 26.0 Å². The van der Waals surface area contributed by atoms with E-state index in [9.17, 15) is 4.79 Å². The van der Waals surface area contributed by atoms with E-state index in [-0.39, 0.29) is 12.5 Å². The molecule has 1 aromatic carbocycles. The van der Waals surface area contributed by atoms with E-state index in [0.717, 1.165) is 16.6 Å². The Kier molecular flexibility index (Phi) is 3.46. The van der Waals surface area contributed by atoms with E-state index in [2.05, 4.69) is 4.98 Å². The molecule has 0 bridgehead atoms. The van der Waals surface area contributed by atoms with Crippen LogP contribution < -0.4 is 4.74 Å². The molecule has 1 heterocycles. The quantitative estimate of drug-likeness (QED) is 0.899. The van der Waals surface area contributed by atoms with E-state index < -0.39 is 5.97 Å². The molecule has 0 aliphatic heterocycles. The summed E-state index contributed by atoms with van der Waals surface area (Å²) in [4.78, 5) is 15.1. The Morgan fingerprint density at radius 3 is 2.89 bits per heavy atom. The van der Waals surface area contributed by atoms with Crippen molar-refractivity contribution in [3.63, 3.8) is 0 Å². The largest absolute Gasteiger partial charge is 0.488 e. The number of nitrogens with zero attached hydrogens (tertiary/aromatic N) is 1. The first-order chi connectivity index (χ1) is 8.56. The van der Waals surface area contributed by atoms with Gasteiger partial charge >= 0.3 is 5.97 Å². The van der Waals surface area contributed by atoms with Crippen LogP contribution in [0.3, 0.4) is 0 Å². The fourth-order valence-corrected chi connectivity index (χ4v) is 1.82. The maximum Gasteiger partial charge on any atom is 0.307 e. The molecule has 0 saturated carbocycles. The van der Waals surface area contributed by atoms with Crippen molar-refractivity contribution in [3.8, 4) is 5.75 Å². The van der Waals surface area contributed by atoms with Crippen molar-refractivity contribution in [2.75, 3.05) is 0 Å². The van der Waals surface area contributed by atoms with Gasteiger partial charge in [-0.25, -0.2) is 4.98 Å². The van der Waals surface area contributed by atoms with Gasteiger partial charge in [-0.1, -0.05) is 18.2 Å². The normalized spacial score (nSPS) is 12.3. The molecule has 0 spiro atoms. The Labute approximate surface area is 105 Å². The predicted molar refractivity (Wildman–Crippen MR) is 68.8 cm³/mol. The molecule has 2 aromatic rings. The van der Waals surface area contributed by atoms with Crippen LogP contribution in [-0.4, -0.2) is 22.2 Å². The average Bonchev–Trinajstić information content (AvgIpc) is 2.28. The molecule has 1 N–H and O–H groups in total. The van der Waals surface area contributed by atoms with Gasteiger partial charge < -0.3 is 9.84 Å². The highest BCUT2D eigenvalue weighted by Crippen LogP contribution is 2.25. The standard InChI is InChI=1S/C14H15NO3/c1-9-6-7-11-4-3-5-12(14(11)15-9)18-10(2)8-13(16)17/h3-7,10H,8H2,1-2H3,(H,16,17)/t10-/m1/s1. The molecule has 0 amide bonds. The zero-order valence-corrected chi connectivity index (χ0v) is 10.4. The van der Waals surface area contributed by atoms with E-state index in [1.165, 1.54) is 0 Å². The lowest BCUT2D eigenvalue weighted by atomic mass is 10.2. The van der Waals surface area contributed by atoms with Crippen LogP contribution in [0.15, 0.2) is 30.3 Å². The number of carbonyl (C=O) groups is 1. The van der Waals surface area contributed by atoms with E-state index in [0.29, 0.717) is 5.75 Å². The van der Waals surface area contributed by atoms with Crippen LogP contribution in [0, 0.1) is 6.92 Å². The number of hydrogen-bond donors (Lipinski definition) is 1. The number of pyridine rings is 1. The molecule has 1 aromatic heterocycles. The van der Waals surface area contributed by atoms with Gasteiger partial charge in [-0.3, -0.25) is 4.79 Å². The molecular weight excluding hydrogens is 230 g/mol. The summed E-state index contributed by atoms with van der Waals surface area (Å²) in [6, 6.07) is 9.56. The molecule has 4 nitrogen and oxygen atoms in total. The minimum atomic E-state index is -0.869. The molecule has 0 fully saturated rings. The lowest BCUT2D eigenvalue weighted by Gasteiger charge is -2.14. The van der Waals surface area contributed by atoms with Gasteiger partial charge in [0.15, 0.2) is 0 Å². The van der Waals surface area contributed by atoms with Gasteiger partial charge in [0.1, 0.15) is 17.4 Å². The Morgan fingerprint density at radius 1 is 1.39 bits per heavy atom. The minimum Gasteiger partial charge on any atom is -0.488 e. The Balaban J connectivity index is 2.32. The molecule has 2 rings (SSSR count). The highest BCUT2D eigenvalue weighted by atomic mass is 16.5. The molecule has 1 atom stereocenters. The summed E-state index contributed by atoms with van der Waals surface area (Å²) in [7, 11) is 0. The van der Waals surface area contributed by atoms with Crippen LogP contribution in [0.5, 0.6) is 5.75 Å². The zero-order chi connectivity index (χ0) is 13.1. The Hall–Kier alpha value is -2.10. The highest BCUT2D eigenvalue weighted by molar-refractivity contribution is 5.84. The maximum atomic E-state index is 10.6. The van der Waals surface area contributed by atoms with E-state index >= 15 is 0 Å². The second-order valence-corrected chi connectivity index (χ2v) is 4.31. The van der Waals surface area contributed by atoms with Gasteiger partial charge in [0.05, 0.1) is 6.42 Å². The monoisotopic (exact) mass is 245 g/mol. The third kappa shape index (κ3) is 2.77. The molecule has 0 aliphatic rings. The fraction of sp³-hybridized carbons (Fsp3) is 0.286. The molecule has 0 aliphatic carbocycles. The van der Waals surface area contributed by atoms with Crippen molar-refractivity contribution in [3.05, 3.63) is 36.0 Å². The van der Waals surface area contributed by atoms with Crippen LogP contribution in [-0.2, 0) is 4.79 Å². The molecule has 18 heavy (non-hydrogen) atoms. The molecule has 0 unspecified atom stereocenters. The summed E-state index contributed by atoms with van der Waals surface area (Å²) < 4.78 is 5.65. The fourth-order valence-electron chi connectivity index (χ4n) is 1.82. The summed E-state index contributed by atoms with van der Waals surface area (Å²) in [6.07, 6.45) is -0.405. The van der Waals surface area contributed by atoms with Gasteiger partial charge in [-0.15, -0.1) is 0 Å². The Bertz CT molecular complexity index is 580. The molecule has 4 heteroatoms. The van der Waals surface area contributed by atoms with Gasteiger partial charge in [0.25, 0.3) is 0 Å². The highest BCUT2D eigenvalue weighted by Gasteiger charge is 2.11. The Morgan fingerprint density at radius 2 is 2.17 bits per heavy atom. The van der Waals surface area contributed by atoms with Gasteiger partial charge in [-0.2, -0.15) is 0 Å². The average molecular weight is 245 g/mol. The minimum absolute atomic E-state index is 0.0256. The van der Waals surface area contributed by atoms with E-state index in [1.807, 2.05) is 37.3 Å². The summed E-state index contributed by atoms with van der Waals surface area (Å²) in [5.74, 6) is -0.239. The number of benzene rings is 1. The third-order valence-corrected chi connectivity index (χ3v) is 2.61. The third-order valence-electron chi connectivity index (χ3n) is 2.61. The summed E-state index contributed by atoms with van der Waals surface area (Å²) >= 11 is 0. The number of aromatic nitrogens is 1. The van der Waals surface area contributed by atoms with Crippen molar-refractivity contribution in [2.45, 2.75) is 26.4 Å². The number of aryl methyl sites for hydroxylation is 1. The van der Waals surface area contributed by atoms with Gasteiger partial charge in [0.2, 0.25) is 0 Å². The molecule has 0 radical (unpaired) electrons. The topological polar surface area (TPSA) is 59.4 Å². The van der Waals surface area contributed by atoms with Crippen LogP contribution in [0.2, 0.25) is 0 Å². The van der Waals surface area contributed by atoms with E-state index in [1.54, 1.807) is 6.92 Å². The summed E-state index contributed by atoms with van der Waals surface area (Å²) in [6.45, 7) is 3.65. The zero-order valence-electron chi connectivity index (χ0n) is 10.4. The van der Waals surface area contributed by atoms with Crippen molar-refractivity contribution < 1.29 is 14.6 Å². The predicted octanol–water partition coefficient (Wildman–Crippen LogP) is 2.79. The van der Waals surface area contributed by atoms with Crippen molar-refractivity contribution in [1.29, 1.82) is 0 Å².